The van der Waals surface area contributed by atoms with Gasteiger partial charge in [-0.2, -0.15) is 5.26 Å². The smallest absolute Gasteiger partial charge is 0.257 e. The number of nitrogens with zero attached hydrogens (tertiary/aromatic N) is 1. The predicted octanol–water partition coefficient (Wildman–Crippen LogP) is 4.01. The van der Waals surface area contributed by atoms with Crippen molar-refractivity contribution in [1.82, 2.24) is 0 Å². The van der Waals surface area contributed by atoms with Crippen molar-refractivity contribution in [3.05, 3.63) is 57.1 Å². The van der Waals surface area contributed by atoms with E-state index in [2.05, 4.69) is 11.4 Å². The number of nitriles is 1. The molecule has 0 spiro atoms. The van der Waals surface area contributed by atoms with Crippen molar-refractivity contribution in [2.75, 3.05) is 11.1 Å². The van der Waals surface area contributed by atoms with Crippen molar-refractivity contribution in [2.24, 2.45) is 0 Å². The maximum atomic E-state index is 12.3. The predicted molar refractivity (Wildman–Crippen MR) is 84.7 cm³/mol. The number of rotatable bonds is 2. The van der Waals surface area contributed by atoms with Crippen molar-refractivity contribution in [1.29, 1.82) is 5.26 Å². The van der Waals surface area contributed by atoms with Crippen LogP contribution in [0.1, 0.15) is 21.5 Å². The zero-order chi connectivity index (χ0) is 15.6. The number of amides is 1. The number of carbonyl (C=O) groups excluding carboxylic acids is 1. The zero-order valence-corrected chi connectivity index (χ0v) is 12.6. The zero-order valence-electron chi connectivity index (χ0n) is 11.1. The molecule has 0 aliphatic carbocycles. The Labute approximate surface area is 132 Å². The first-order chi connectivity index (χ1) is 9.93. The van der Waals surface area contributed by atoms with Crippen LogP contribution in [-0.2, 0) is 0 Å². The fraction of sp³-hybridized carbons (Fsp3) is 0.0667. The number of nitrogens with two attached hydrogens (primary N) is 1. The van der Waals surface area contributed by atoms with Gasteiger partial charge in [0.2, 0.25) is 0 Å². The Morgan fingerprint density at radius 3 is 2.71 bits per heavy atom. The van der Waals surface area contributed by atoms with Crippen molar-refractivity contribution >= 4 is 40.5 Å². The van der Waals surface area contributed by atoms with Gasteiger partial charge in [-0.05, 0) is 30.7 Å². The molecule has 0 radical (unpaired) electrons. The molecule has 3 N–H and O–H groups in total. The Hall–Kier alpha value is -2.22. The number of halogens is 2. The molecule has 0 aliphatic rings. The van der Waals surface area contributed by atoms with Gasteiger partial charge < -0.3 is 11.1 Å². The van der Waals surface area contributed by atoms with Gasteiger partial charge in [0.05, 0.1) is 26.9 Å². The maximum Gasteiger partial charge on any atom is 0.257 e. The number of nitrogen functional groups attached to an aromatic ring is 1. The highest BCUT2D eigenvalue weighted by atomic mass is 35.5. The van der Waals surface area contributed by atoms with Gasteiger partial charge in [0.1, 0.15) is 6.07 Å². The van der Waals surface area contributed by atoms with Gasteiger partial charge in [0.15, 0.2) is 0 Å². The van der Waals surface area contributed by atoms with Crippen molar-refractivity contribution < 1.29 is 4.79 Å². The molecule has 1 amide bonds. The van der Waals surface area contributed by atoms with E-state index in [1.807, 2.05) is 0 Å². The second-order valence-electron chi connectivity index (χ2n) is 4.43. The summed E-state index contributed by atoms with van der Waals surface area (Å²) in [5.41, 5.74) is 7.74. The largest absolute Gasteiger partial charge is 0.399 e. The molecule has 2 rings (SSSR count). The summed E-state index contributed by atoms with van der Waals surface area (Å²) in [6, 6.07) is 10.1. The summed E-state index contributed by atoms with van der Waals surface area (Å²) in [6.07, 6.45) is 0. The van der Waals surface area contributed by atoms with Crippen LogP contribution >= 0.6 is 23.2 Å². The third-order valence-electron chi connectivity index (χ3n) is 2.93. The molecule has 0 unspecified atom stereocenters. The lowest BCUT2D eigenvalue weighted by atomic mass is 10.1. The van der Waals surface area contributed by atoms with Crippen molar-refractivity contribution in [3.8, 4) is 6.07 Å². The monoisotopic (exact) mass is 319 g/mol. The Bertz CT molecular complexity index is 766. The van der Waals surface area contributed by atoms with Crippen LogP contribution in [0.5, 0.6) is 0 Å². The minimum absolute atomic E-state index is 0.120. The molecule has 6 heteroatoms. The first-order valence-electron chi connectivity index (χ1n) is 5.99. The van der Waals surface area contributed by atoms with Crippen LogP contribution in [0.4, 0.5) is 11.4 Å². The fourth-order valence-corrected chi connectivity index (χ4v) is 2.31. The van der Waals surface area contributed by atoms with Crippen molar-refractivity contribution in [2.45, 2.75) is 6.92 Å². The summed E-state index contributed by atoms with van der Waals surface area (Å²) < 4.78 is 0. The number of hydrogen-bond acceptors (Lipinski definition) is 3. The van der Waals surface area contributed by atoms with Gasteiger partial charge in [-0.25, -0.2) is 0 Å². The van der Waals surface area contributed by atoms with E-state index in [4.69, 9.17) is 34.2 Å². The average molecular weight is 320 g/mol. The summed E-state index contributed by atoms with van der Waals surface area (Å²) in [7, 11) is 0. The van der Waals surface area contributed by atoms with E-state index in [-0.39, 0.29) is 15.6 Å². The highest BCUT2D eigenvalue weighted by Crippen LogP contribution is 2.29. The van der Waals surface area contributed by atoms with E-state index in [9.17, 15) is 4.79 Å². The molecule has 0 saturated heterocycles. The topological polar surface area (TPSA) is 78.9 Å². The lowest BCUT2D eigenvalue weighted by molar-refractivity contribution is 0.102. The van der Waals surface area contributed by atoms with Gasteiger partial charge >= 0.3 is 0 Å². The van der Waals surface area contributed by atoms with Crippen LogP contribution in [0, 0.1) is 18.3 Å². The summed E-state index contributed by atoms with van der Waals surface area (Å²) >= 11 is 11.9. The first-order valence-corrected chi connectivity index (χ1v) is 6.75. The standard InChI is InChI=1S/C15H11Cl2N3O/c1-8-3-2-4-13(11(8)7-18)20-15(21)10-5-9(19)6-12(16)14(10)17/h2-6H,19H2,1H3,(H,20,21). The van der Waals surface area contributed by atoms with Crippen LogP contribution in [0.2, 0.25) is 10.0 Å². The maximum absolute atomic E-state index is 12.3. The van der Waals surface area contributed by atoms with Crippen LogP contribution in [0.15, 0.2) is 30.3 Å². The molecule has 0 saturated carbocycles. The van der Waals surface area contributed by atoms with Crippen LogP contribution < -0.4 is 11.1 Å². The highest BCUT2D eigenvalue weighted by molar-refractivity contribution is 6.44. The minimum Gasteiger partial charge on any atom is -0.399 e. The van der Waals surface area contributed by atoms with Crippen molar-refractivity contribution in [3.63, 3.8) is 0 Å². The van der Waals surface area contributed by atoms with E-state index >= 15 is 0 Å². The van der Waals surface area contributed by atoms with E-state index < -0.39 is 5.91 Å². The van der Waals surface area contributed by atoms with E-state index in [1.54, 1.807) is 25.1 Å². The van der Waals surface area contributed by atoms with Crippen LogP contribution in [0.25, 0.3) is 0 Å². The molecule has 106 valence electrons. The molecule has 4 nitrogen and oxygen atoms in total. The molecule has 0 atom stereocenters. The first kappa shape index (κ1) is 15.2. The van der Waals surface area contributed by atoms with Crippen LogP contribution in [0.3, 0.4) is 0 Å². The Morgan fingerprint density at radius 1 is 1.33 bits per heavy atom. The number of benzene rings is 2. The Kier molecular flexibility index (Phi) is 4.37. The van der Waals surface area contributed by atoms with Gasteiger partial charge in [0, 0.05) is 5.69 Å². The second-order valence-corrected chi connectivity index (χ2v) is 5.21. The molecule has 0 heterocycles. The van der Waals surface area contributed by atoms with Gasteiger partial charge in [0.25, 0.3) is 5.91 Å². The summed E-state index contributed by atoms with van der Waals surface area (Å²) in [6.45, 7) is 1.79. The normalized spacial score (nSPS) is 10.0. The van der Waals surface area contributed by atoms with Gasteiger partial charge in [-0.15, -0.1) is 0 Å². The lowest BCUT2D eigenvalue weighted by Gasteiger charge is -2.11. The third kappa shape index (κ3) is 3.10. The summed E-state index contributed by atoms with van der Waals surface area (Å²) in [5, 5.41) is 12.1. The minimum atomic E-state index is -0.476. The SMILES string of the molecule is Cc1cccc(NC(=O)c2cc(N)cc(Cl)c2Cl)c1C#N. The number of anilines is 2. The number of hydrogen-bond donors (Lipinski definition) is 2. The summed E-state index contributed by atoms with van der Waals surface area (Å²) in [5.74, 6) is -0.476. The molecular weight excluding hydrogens is 309 g/mol. The lowest BCUT2D eigenvalue weighted by Crippen LogP contribution is -2.14. The fourth-order valence-electron chi connectivity index (χ4n) is 1.89. The number of aryl methyl sites for hydroxylation is 1. The Morgan fingerprint density at radius 2 is 2.05 bits per heavy atom. The highest BCUT2D eigenvalue weighted by Gasteiger charge is 2.16. The second kappa shape index (κ2) is 6.04. The number of nitrogens with one attached hydrogen (secondary N) is 1. The van der Waals surface area contributed by atoms with Gasteiger partial charge in [-0.1, -0.05) is 35.3 Å². The number of carbonyl (C=O) groups is 1. The molecule has 21 heavy (non-hydrogen) atoms. The molecule has 2 aromatic carbocycles. The third-order valence-corrected chi connectivity index (χ3v) is 3.73. The Balaban J connectivity index is 2.40. The quantitative estimate of drug-likeness (QED) is 0.821. The van der Waals surface area contributed by atoms with E-state index in [0.717, 1.165) is 5.56 Å². The molecule has 0 aliphatic heterocycles. The van der Waals surface area contributed by atoms with Crippen LogP contribution in [-0.4, -0.2) is 5.91 Å². The molecule has 0 aromatic heterocycles. The van der Waals surface area contributed by atoms with Gasteiger partial charge in [-0.3, -0.25) is 4.79 Å². The molecule has 2 aromatic rings. The average Bonchev–Trinajstić information content (AvgIpc) is 2.43. The molecule has 0 bridgehead atoms. The summed E-state index contributed by atoms with van der Waals surface area (Å²) in [4.78, 5) is 12.3. The molecule has 0 fully saturated rings. The van der Waals surface area contributed by atoms with E-state index in [0.29, 0.717) is 16.9 Å². The van der Waals surface area contributed by atoms with E-state index in [1.165, 1.54) is 12.1 Å². The molecular formula is C15H11Cl2N3O.